The molecule has 1 aromatic carbocycles. The quantitative estimate of drug-likeness (QED) is 0.340. The summed E-state index contributed by atoms with van der Waals surface area (Å²) in [7, 11) is 0. The lowest BCUT2D eigenvalue weighted by atomic mass is 9.94. The summed E-state index contributed by atoms with van der Waals surface area (Å²) in [4.78, 5) is 38.0. The molecule has 9 heteroatoms. The molecule has 2 N–H and O–H groups in total. The van der Waals surface area contributed by atoms with E-state index in [9.17, 15) is 14.4 Å². The van der Waals surface area contributed by atoms with Gasteiger partial charge in [-0.1, -0.05) is 30.3 Å². The fraction of sp³-hybridized carbons (Fsp3) is 0.609. The van der Waals surface area contributed by atoms with Crippen LogP contribution < -0.4 is 10.6 Å². The summed E-state index contributed by atoms with van der Waals surface area (Å²) in [5.74, 6) is -1.34. The highest BCUT2D eigenvalue weighted by molar-refractivity contribution is 7.81. The van der Waals surface area contributed by atoms with Crippen LogP contribution >= 0.6 is 12.6 Å². The summed E-state index contributed by atoms with van der Waals surface area (Å²) in [5, 5.41) is 4.86. The van der Waals surface area contributed by atoms with Gasteiger partial charge in [0.1, 0.15) is 5.54 Å². The molecule has 8 nitrogen and oxygen atoms in total. The van der Waals surface area contributed by atoms with Gasteiger partial charge in [-0.25, -0.2) is 4.79 Å². The first-order chi connectivity index (χ1) is 15.2. The maximum Gasteiger partial charge on any atom is 0.331 e. The third-order valence-electron chi connectivity index (χ3n) is 5.26. The van der Waals surface area contributed by atoms with Crippen molar-refractivity contribution in [3.63, 3.8) is 0 Å². The average molecular weight is 467 g/mol. The van der Waals surface area contributed by atoms with E-state index in [0.717, 1.165) is 18.4 Å². The van der Waals surface area contributed by atoms with Crippen LogP contribution in [0.1, 0.15) is 39.2 Å². The Labute approximate surface area is 195 Å². The van der Waals surface area contributed by atoms with Crippen LogP contribution in [0.3, 0.4) is 0 Å². The van der Waals surface area contributed by atoms with Crippen LogP contribution in [0.2, 0.25) is 0 Å². The molecular weight excluding hydrogens is 432 g/mol. The number of rotatable bonds is 11. The minimum absolute atomic E-state index is 0.0548. The fourth-order valence-electron chi connectivity index (χ4n) is 3.30. The fourth-order valence-corrected chi connectivity index (χ4v) is 3.67. The average Bonchev–Trinajstić information content (AvgIpc) is 2.78. The summed E-state index contributed by atoms with van der Waals surface area (Å²) < 4.78 is 16.0. The monoisotopic (exact) mass is 466 g/mol. The third kappa shape index (κ3) is 8.11. The van der Waals surface area contributed by atoms with Crippen molar-refractivity contribution in [2.75, 3.05) is 26.4 Å². The Morgan fingerprint density at radius 1 is 1.19 bits per heavy atom. The number of amides is 2. The van der Waals surface area contributed by atoms with Gasteiger partial charge in [0.05, 0.1) is 25.1 Å². The summed E-state index contributed by atoms with van der Waals surface area (Å²) in [5.41, 5.74) is -0.310. The highest BCUT2D eigenvalue weighted by Crippen LogP contribution is 2.23. The van der Waals surface area contributed by atoms with E-state index in [-0.39, 0.29) is 25.0 Å². The van der Waals surface area contributed by atoms with Crippen molar-refractivity contribution >= 4 is 30.4 Å². The first kappa shape index (κ1) is 26.2. The normalized spacial score (nSPS) is 16.6. The number of carbonyl (C=O) groups excluding carboxylic acids is 3. The molecule has 0 unspecified atom stereocenters. The molecule has 1 aliphatic rings. The molecule has 0 spiro atoms. The van der Waals surface area contributed by atoms with Crippen molar-refractivity contribution < 1.29 is 28.6 Å². The predicted molar refractivity (Wildman–Crippen MR) is 123 cm³/mol. The third-order valence-corrected chi connectivity index (χ3v) is 5.91. The summed E-state index contributed by atoms with van der Waals surface area (Å²) in [6.45, 7) is 6.47. The summed E-state index contributed by atoms with van der Waals surface area (Å²) in [6, 6.07) is 8.50. The van der Waals surface area contributed by atoms with Gasteiger partial charge in [0.15, 0.2) is 6.04 Å². The van der Waals surface area contributed by atoms with Gasteiger partial charge in [-0.2, -0.15) is 12.6 Å². The van der Waals surface area contributed by atoms with Gasteiger partial charge in [-0.15, -0.1) is 0 Å². The second kappa shape index (κ2) is 12.8. The van der Waals surface area contributed by atoms with Crippen LogP contribution in [0.15, 0.2) is 30.3 Å². The van der Waals surface area contributed by atoms with Crippen molar-refractivity contribution in [1.29, 1.82) is 0 Å². The second-order valence-corrected chi connectivity index (χ2v) is 8.84. The Morgan fingerprint density at radius 2 is 1.84 bits per heavy atom. The molecule has 2 amide bonds. The van der Waals surface area contributed by atoms with Gasteiger partial charge >= 0.3 is 5.97 Å². The number of hydrogen-bond donors (Lipinski definition) is 3. The van der Waals surface area contributed by atoms with Gasteiger partial charge in [0.2, 0.25) is 11.8 Å². The molecule has 0 bridgehead atoms. The highest BCUT2D eigenvalue weighted by atomic mass is 32.1. The Morgan fingerprint density at radius 3 is 2.47 bits per heavy atom. The SMILES string of the molecule is CCOC(=O)[C@H](COCc1ccccc1)NC(=O)C(C)(C)NC(=O)[C@@H](S)C1CCOCC1. The van der Waals surface area contributed by atoms with Crippen molar-refractivity contribution in [3.05, 3.63) is 35.9 Å². The van der Waals surface area contributed by atoms with Crippen molar-refractivity contribution in [2.24, 2.45) is 5.92 Å². The van der Waals surface area contributed by atoms with Gasteiger partial charge in [0, 0.05) is 13.2 Å². The lowest BCUT2D eigenvalue weighted by Gasteiger charge is -2.31. The zero-order valence-electron chi connectivity index (χ0n) is 19.0. The lowest BCUT2D eigenvalue weighted by Crippen LogP contribution is -2.60. The van der Waals surface area contributed by atoms with E-state index in [2.05, 4.69) is 23.3 Å². The number of ether oxygens (including phenoxy) is 3. The van der Waals surface area contributed by atoms with Crippen LogP contribution in [-0.2, 0) is 35.2 Å². The number of nitrogens with one attached hydrogen (secondary N) is 2. The molecule has 178 valence electrons. The highest BCUT2D eigenvalue weighted by Gasteiger charge is 2.36. The zero-order valence-corrected chi connectivity index (χ0v) is 19.9. The standard InChI is InChI=1S/C23H34N2O6S/c1-4-31-21(27)18(15-30-14-16-8-6-5-7-9-16)24-22(28)23(2,3)25-20(26)19(32)17-10-12-29-13-11-17/h5-9,17-19,32H,4,10-15H2,1-3H3,(H,24,28)(H,25,26)/t18-,19-/m0/s1. The first-order valence-corrected chi connectivity index (χ1v) is 11.4. The Balaban J connectivity index is 1.94. The molecule has 1 aliphatic heterocycles. The van der Waals surface area contributed by atoms with Crippen molar-refractivity contribution in [3.8, 4) is 0 Å². The molecule has 0 aromatic heterocycles. The predicted octanol–water partition coefficient (Wildman–Crippen LogP) is 1.87. The Bertz CT molecular complexity index is 752. The van der Waals surface area contributed by atoms with Gasteiger partial charge in [0.25, 0.3) is 0 Å². The van der Waals surface area contributed by atoms with E-state index >= 15 is 0 Å². The van der Waals surface area contributed by atoms with E-state index in [0.29, 0.717) is 19.8 Å². The molecule has 1 saturated heterocycles. The molecule has 1 heterocycles. The maximum absolute atomic E-state index is 12.9. The van der Waals surface area contributed by atoms with E-state index in [4.69, 9.17) is 14.2 Å². The zero-order chi connectivity index (χ0) is 23.6. The van der Waals surface area contributed by atoms with Crippen LogP contribution in [0, 0.1) is 5.92 Å². The van der Waals surface area contributed by atoms with Crippen LogP contribution in [-0.4, -0.2) is 61.0 Å². The van der Waals surface area contributed by atoms with E-state index in [1.165, 1.54) is 0 Å². The van der Waals surface area contributed by atoms with E-state index in [1.807, 2.05) is 30.3 Å². The summed E-state index contributed by atoms with van der Waals surface area (Å²) in [6.07, 6.45) is 1.50. The molecule has 2 atom stereocenters. The molecule has 1 fully saturated rings. The number of benzene rings is 1. The largest absolute Gasteiger partial charge is 0.464 e. The van der Waals surface area contributed by atoms with E-state index < -0.39 is 28.7 Å². The van der Waals surface area contributed by atoms with Gasteiger partial charge in [-0.05, 0) is 45.1 Å². The molecule has 2 rings (SSSR count). The lowest BCUT2D eigenvalue weighted by molar-refractivity contribution is -0.150. The van der Waals surface area contributed by atoms with E-state index in [1.54, 1.807) is 20.8 Å². The smallest absolute Gasteiger partial charge is 0.331 e. The molecule has 32 heavy (non-hydrogen) atoms. The Hall–Kier alpha value is -2.10. The number of esters is 1. The number of thiol groups is 1. The molecule has 0 aliphatic carbocycles. The van der Waals surface area contributed by atoms with Crippen LogP contribution in [0.25, 0.3) is 0 Å². The number of carbonyl (C=O) groups is 3. The Kier molecular flexibility index (Phi) is 10.5. The van der Waals surface area contributed by atoms with Gasteiger partial charge in [-0.3, -0.25) is 9.59 Å². The maximum atomic E-state index is 12.9. The minimum Gasteiger partial charge on any atom is -0.464 e. The minimum atomic E-state index is -1.26. The second-order valence-electron chi connectivity index (χ2n) is 8.29. The van der Waals surface area contributed by atoms with Crippen LogP contribution in [0.4, 0.5) is 0 Å². The van der Waals surface area contributed by atoms with Crippen molar-refractivity contribution in [2.45, 2.75) is 57.1 Å². The van der Waals surface area contributed by atoms with Crippen LogP contribution in [0.5, 0.6) is 0 Å². The van der Waals surface area contributed by atoms with Crippen molar-refractivity contribution in [1.82, 2.24) is 10.6 Å². The molecule has 0 radical (unpaired) electrons. The van der Waals surface area contributed by atoms with Gasteiger partial charge < -0.3 is 24.8 Å². The topological polar surface area (TPSA) is 103 Å². The number of hydrogen-bond acceptors (Lipinski definition) is 7. The summed E-state index contributed by atoms with van der Waals surface area (Å²) >= 11 is 4.47. The molecule has 0 saturated carbocycles. The molecular formula is C23H34N2O6S. The first-order valence-electron chi connectivity index (χ1n) is 10.9. The molecule has 1 aromatic rings.